The van der Waals surface area contributed by atoms with Gasteiger partial charge in [0, 0.05) is 28.7 Å². The predicted octanol–water partition coefficient (Wildman–Crippen LogP) is 3.96. The molecule has 3 aromatic rings. The Labute approximate surface area is 159 Å². The van der Waals surface area contributed by atoms with E-state index in [0.717, 1.165) is 21.4 Å². The number of aromatic nitrogens is 3. The van der Waals surface area contributed by atoms with E-state index in [1.807, 2.05) is 48.7 Å². The average molecular weight is 417 g/mol. The monoisotopic (exact) mass is 416 g/mol. The normalized spacial score (nSPS) is 10.6. The molecular weight excluding hydrogens is 400 g/mol. The number of pyridine rings is 1. The molecule has 1 aromatic carbocycles. The lowest BCUT2D eigenvalue weighted by atomic mass is 10.2. The van der Waals surface area contributed by atoms with E-state index in [1.165, 1.54) is 0 Å². The van der Waals surface area contributed by atoms with Gasteiger partial charge in [0.1, 0.15) is 5.82 Å². The largest absolute Gasteiger partial charge is 0.310 e. The molecule has 1 N–H and O–H groups in total. The fraction of sp³-hybridized carbons (Fsp3) is 0.167. The first-order valence-corrected chi connectivity index (χ1v) is 9.68. The molecule has 0 radical (unpaired) electrons. The zero-order chi connectivity index (χ0) is 17.5. The molecule has 0 aliphatic heterocycles. The standard InChI is InChI=1S/C18H17BrN4OS/c19-16-5-1-3-14(9-16)11-23-17(6-8-21-23)22-18(24)13-25-12-15-4-2-7-20-10-15/h1-10H,11-13H2,(H,22,24). The third-order valence-corrected chi connectivity index (χ3v) is 4.93. The minimum absolute atomic E-state index is 0.0371. The minimum atomic E-state index is -0.0371. The van der Waals surface area contributed by atoms with E-state index in [0.29, 0.717) is 18.1 Å². The van der Waals surface area contributed by atoms with Crippen molar-refractivity contribution in [1.82, 2.24) is 14.8 Å². The second-order valence-corrected chi connectivity index (χ2v) is 7.31. The van der Waals surface area contributed by atoms with Crippen LogP contribution in [0.3, 0.4) is 0 Å². The summed E-state index contributed by atoms with van der Waals surface area (Å²) < 4.78 is 2.81. The summed E-state index contributed by atoms with van der Waals surface area (Å²) in [6.07, 6.45) is 5.25. The van der Waals surface area contributed by atoms with Gasteiger partial charge in [-0.15, -0.1) is 11.8 Å². The van der Waals surface area contributed by atoms with Crippen LogP contribution in [0.5, 0.6) is 0 Å². The van der Waals surface area contributed by atoms with Gasteiger partial charge in [0.25, 0.3) is 0 Å². The van der Waals surface area contributed by atoms with Gasteiger partial charge in [-0.1, -0.05) is 34.1 Å². The second-order valence-electron chi connectivity index (χ2n) is 5.41. The highest BCUT2D eigenvalue weighted by atomic mass is 79.9. The maximum Gasteiger partial charge on any atom is 0.235 e. The van der Waals surface area contributed by atoms with E-state index in [9.17, 15) is 4.79 Å². The molecule has 2 aromatic heterocycles. The Morgan fingerprint density at radius 2 is 2.04 bits per heavy atom. The van der Waals surface area contributed by atoms with Crippen molar-refractivity contribution in [2.75, 3.05) is 11.1 Å². The van der Waals surface area contributed by atoms with E-state index in [4.69, 9.17) is 0 Å². The van der Waals surface area contributed by atoms with Gasteiger partial charge < -0.3 is 5.32 Å². The predicted molar refractivity (Wildman–Crippen MR) is 104 cm³/mol. The summed E-state index contributed by atoms with van der Waals surface area (Å²) in [6, 6.07) is 13.7. The number of hydrogen-bond acceptors (Lipinski definition) is 4. The van der Waals surface area contributed by atoms with Crippen LogP contribution < -0.4 is 5.32 Å². The zero-order valence-corrected chi connectivity index (χ0v) is 15.8. The summed E-state index contributed by atoms with van der Waals surface area (Å²) in [5.74, 6) is 1.81. The van der Waals surface area contributed by atoms with Gasteiger partial charge in [-0.2, -0.15) is 5.10 Å². The number of halogens is 1. The molecule has 7 heteroatoms. The maximum absolute atomic E-state index is 12.2. The number of hydrogen-bond donors (Lipinski definition) is 1. The summed E-state index contributed by atoms with van der Waals surface area (Å²) in [7, 11) is 0. The van der Waals surface area contributed by atoms with E-state index >= 15 is 0 Å². The van der Waals surface area contributed by atoms with Crippen molar-refractivity contribution in [3.8, 4) is 0 Å². The molecule has 0 aliphatic carbocycles. The molecule has 0 bridgehead atoms. The number of benzene rings is 1. The number of nitrogens with zero attached hydrogens (tertiary/aromatic N) is 3. The molecule has 2 heterocycles. The first-order valence-electron chi connectivity index (χ1n) is 7.73. The highest BCUT2D eigenvalue weighted by Crippen LogP contribution is 2.16. The number of rotatable bonds is 7. The Bertz CT molecular complexity index is 838. The lowest BCUT2D eigenvalue weighted by Crippen LogP contribution is -2.18. The third kappa shape index (κ3) is 5.44. The summed E-state index contributed by atoms with van der Waals surface area (Å²) in [5.41, 5.74) is 2.22. The highest BCUT2D eigenvalue weighted by Gasteiger charge is 2.08. The maximum atomic E-state index is 12.2. The topological polar surface area (TPSA) is 59.8 Å². The molecule has 0 aliphatic rings. The molecule has 1 amide bonds. The van der Waals surface area contributed by atoms with Crippen LogP contribution in [0.25, 0.3) is 0 Å². The van der Waals surface area contributed by atoms with Crippen LogP contribution in [0.15, 0.2) is 65.5 Å². The second kappa shape index (κ2) is 8.82. The smallest absolute Gasteiger partial charge is 0.235 e. The van der Waals surface area contributed by atoms with Crippen LogP contribution in [0.1, 0.15) is 11.1 Å². The molecule has 5 nitrogen and oxygen atoms in total. The number of carbonyl (C=O) groups is 1. The summed E-state index contributed by atoms with van der Waals surface area (Å²) in [6.45, 7) is 0.602. The van der Waals surface area contributed by atoms with Crippen LogP contribution in [-0.4, -0.2) is 26.4 Å². The van der Waals surface area contributed by atoms with Crippen LogP contribution in [-0.2, 0) is 17.1 Å². The SMILES string of the molecule is O=C(CSCc1cccnc1)Nc1ccnn1Cc1cccc(Br)c1. The third-order valence-electron chi connectivity index (χ3n) is 3.43. The Kier molecular flexibility index (Phi) is 6.25. The van der Waals surface area contributed by atoms with Crippen molar-refractivity contribution in [1.29, 1.82) is 0 Å². The van der Waals surface area contributed by atoms with E-state index in [2.05, 4.69) is 31.3 Å². The van der Waals surface area contributed by atoms with Gasteiger partial charge in [0.15, 0.2) is 0 Å². The molecule has 128 valence electrons. The van der Waals surface area contributed by atoms with Crippen molar-refractivity contribution < 1.29 is 4.79 Å². The molecule has 0 atom stereocenters. The summed E-state index contributed by atoms with van der Waals surface area (Å²) in [5, 5.41) is 7.22. The molecule has 0 unspecified atom stereocenters. The Morgan fingerprint density at radius 1 is 1.16 bits per heavy atom. The van der Waals surface area contributed by atoms with Crippen LogP contribution in [0.2, 0.25) is 0 Å². The lowest BCUT2D eigenvalue weighted by molar-refractivity contribution is -0.113. The molecule has 25 heavy (non-hydrogen) atoms. The van der Waals surface area contributed by atoms with E-state index < -0.39 is 0 Å². The van der Waals surface area contributed by atoms with Crippen molar-refractivity contribution >= 4 is 39.4 Å². The van der Waals surface area contributed by atoms with Gasteiger partial charge in [-0.25, -0.2) is 4.68 Å². The Hall–Kier alpha value is -2.12. The first-order chi connectivity index (χ1) is 12.2. The van der Waals surface area contributed by atoms with Gasteiger partial charge in [-0.05, 0) is 29.3 Å². The van der Waals surface area contributed by atoms with E-state index in [1.54, 1.807) is 28.8 Å². The quantitative estimate of drug-likeness (QED) is 0.632. The fourth-order valence-electron chi connectivity index (χ4n) is 2.30. The van der Waals surface area contributed by atoms with Crippen LogP contribution >= 0.6 is 27.7 Å². The van der Waals surface area contributed by atoms with Gasteiger partial charge in [0.2, 0.25) is 5.91 Å². The average Bonchev–Trinajstić information content (AvgIpc) is 3.02. The molecule has 0 saturated heterocycles. The molecule has 0 saturated carbocycles. The van der Waals surface area contributed by atoms with Crippen molar-refractivity contribution in [2.24, 2.45) is 0 Å². The summed E-state index contributed by atoms with van der Waals surface area (Å²) in [4.78, 5) is 16.2. The van der Waals surface area contributed by atoms with Crippen LogP contribution in [0.4, 0.5) is 5.82 Å². The number of nitrogens with one attached hydrogen (secondary N) is 1. The highest BCUT2D eigenvalue weighted by molar-refractivity contribution is 9.10. The summed E-state index contributed by atoms with van der Waals surface area (Å²) >= 11 is 5.03. The number of amides is 1. The van der Waals surface area contributed by atoms with E-state index in [-0.39, 0.29) is 5.91 Å². The van der Waals surface area contributed by atoms with Gasteiger partial charge >= 0.3 is 0 Å². The van der Waals surface area contributed by atoms with Gasteiger partial charge in [-0.3, -0.25) is 9.78 Å². The fourth-order valence-corrected chi connectivity index (χ4v) is 3.51. The number of carbonyl (C=O) groups excluding carboxylic acids is 1. The van der Waals surface area contributed by atoms with Gasteiger partial charge in [0.05, 0.1) is 18.5 Å². The zero-order valence-electron chi connectivity index (χ0n) is 13.4. The first kappa shape index (κ1) is 17.7. The van der Waals surface area contributed by atoms with Crippen molar-refractivity contribution in [3.05, 3.63) is 76.7 Å². The Morgan fingerprint density at radius 3 is 2.84 bits per heavy atom. The molecule has 3 rings (SSSR count). The Balaban J connectivity index is 1.53. The number of thioether (sulfide) groups is 1. The van der Waals surface area contributed by atoms with Crippen molar-refractivity contribution in [3.63, 3.8) is 0 Å². The minimum Gasteiger partial charge on any atom is -0.310 e. The van der Waals surface area contributed by atoms with Crippen LogP contribution in [0, 0.1) is 0 Å². The molecule has 0 fully saturated rings. The molecular formula is C18H17BrN4OS. The van der Waals surface area contributed by atoms with Crippen molar-refractivity contribution in [2.45, 2.75) is 12.3 Å². The lowest BCUT2D eigenvalue weighted by Gasteiger charge is -2.09. The molecule has 0 spiro atoms. The number of anilines is 1.